The molecule has 2 aromatic rings. The maximum Gasteiger partial charge on any atom is 0.253 e. The van der Waals surface area contributed by atoms with Gasteiger partial charge in [0, 0.05) is 12.6 Å². The van der Waals surface area contributed by atoms with Gasteiger partial charge in [-0.15, -0.1) is 0 Å². The van der Waals surface area contributed by atoms with Crippen molar-refractivity contribution in [1.82, 2.24) is 4.57 Å². The van der Waals surface area contributed by atoms with E-state index in [1.54, 1.807) is 11.6 Å². The molecule has 0 saturated carbocycles. The topological polar surface area (TPSA) is 22.0 Å². The summed E-state index contributed by atoms with van der Waals surface area (Å²) >= 11 is 0. The fourth-order valence-corrected chi connectivity index (χ4v) is 1.58. The van der Waals surface area contributed by atoms with Gasteiger partial charge in [0.15, 0.2) is 0 Å². The zero-order valence-electron chi connectivity index (χ0n) is 7.74. The van der Waals surface area contributed by atoms with Crippen LogP contribution in [-0.4, -0.2) is 4.57 Å². The van der Waals surface area contributed by atoms with Crippen LogP contribution >= 0.6 is 0 Å². The van der Waals surface area contributed by atoms with Crippen molar-refractivity contribution in [2.75, 3.05) is 0 Å². The maximum absolute atomic E-state index is 11.5. The molecule has 0 atom stereocenters. The van der Waals surface area contributed by atoms with Gasteiger partial charge in [-0.25, -0.2) is 0 Å². The van der Waals surface area contributed by atoms with E-state index in [0.717, 1.165) is 16.5 Å². The van der Waals surface area contributed by atoms with E-state index in [4.69, 9.17) is 0 Å². The third kappa shape index (κ3) is 1.15. The van der Waals surface area contributed by atoms with E-state index in [1.165, 1.54) is 0 Å². The highest BCUT2D eigenvalue weighted by Crippen LogP contribution is 2.11. The van der Waals surface area contributed by atoms with Crippen LogP contribution in [0.2, 0.25) is 0 Å². The minimum Gasteiger partial charge on any atom is -0.311 e. The Morgan fingerprint density at radius 1 is 1.23 bits per heavy atom. The summed E-state index contributed by atoms with van der Waals surface area (Å²) in [6.07, 6.45) is 0. The molecule has 2 nitrogen and oxygen atoms in total. The molecule has 0 unspecified atom stereocenters. The van der Waals surface area contributed by atoms with Gasteiger partial charge in [0.1, 0.15) is 0 Å². The van der Waals surface area contributed by atoms with Crippen molar-refractivity contribution in [1.29, 1.82) is 0 Å². The van der Waals surface area contributed by atoms with Crippen LogP contribution in [0.1, 0.15) is 5.56 Å². The molecule has 13 heavy (non-hydrogen) atoms. The molecule has 0 radical (unpaired) electrons. The SMILES string of the molecule is Cc1cc2ccccc2n(C)c1=O. The van der Waals surface area contributed by atoms with Gasteiger partial charge in [-0.05, 0) is 24.4 Å². The summed E-state index contributed by atoms with van der Waals surface area (Å²) in [5.41, 5.74) is 1.86. The number of hydrogen-bond acceptors (Lipinski definition) is 1. The van der Waals surface area contributed by atoms with Gasteiger partial charge in [0.25, 0.3) is 5.56 Å². The summed E-state index contributed by atoms with van der Waals surface area (Å²) in [5, 5.41) is 1.11. The summed E-state index contributed by atoms with van der Waals surface area (Å²) in [6.45, 7) is 1.84. The Bertz CT molecular complexity index is 511. The largest absolute Gasteiger partial charge is 0.311 e. The molecular formula is C11H11NO. The van der Waals surface area contributed by atoms with E-state index in [0.29, 0.717) is 0 Å². The van der Waals surface area contributed by atoms with Crippen LogP contribution in [-0.2, 0) is 7.05 Å². The molecule has 66 valence electrons. The molecule has 0 aliphatic rings. The van der Waals surface area contributed by atoms with Crippen molar-refractivity contribution in [2.24, 2.45) is 7.05 Å². The lowest BCUT2D eigenvalue weighted by atomic mass is 10.1. The fourth-order valence-electron chi connectivity index (χ4n) is 1.58. The zero-order chi connectivity index (χ0) is 9.42. The maximum atomic E-state index is 11.5. The van der Waals surface area contributed by atoms with Crippen molar-refractivity contribution < 1.29 is 0 Å². The molecule has 0 spiro atoms. The number of pyridine rings is 1. The second-order valence-corrected chi connectivity index (χ2v) is 3.25. The molecule has 0 fully saturated rings. The lowest BCUT2D eigenvalue weighted by Gasteiger charge is -2.05. The average Bonchev–Trinajstić information content (AvgIpc) is 2.15. The lowest BCUT2D eigenvalue weighted by Crippen LogP contribution is -2.18. The van der Waals surface area contributed by atoms with E-state index in [9.17, 15) is 4.79 Å². The first kappa shape index (κ1) is 8.05. The lowest BCUT2D eigenvalue weighted by molar-refractivity contribution is 0.893. The van der Waals surface area contributed by atoms with Crippen molar-refractivity contribution in [3.05, 3.63) is 46.2 Å². The standard InChI is InChI=1S/C11H11NO/c1-8-7-9-5-3-4-6-10(9)12(2)11(8)13/h3-7H,1-2H3. The van der Waals surface area contributed by atoms with Gasteiger partial charge in [0.05, 0.1) is 5.52 Å². The molecule has 0 amide bonds. The second kappa shape index (κ2) is 2.73. The predicted octanol–water partition coefficient (Wildman–Crippen LogP) is 1.85. The molecule has 2 heteroatoms. The minimum atomic E-state index is 0.0821. The summed E-state index contributed by atoms with van der Waals surface area (Å²) in [7, 11) is 1.80. The van der Waals surface area contributed by atoms with E-state index in [1.807, 2.05) is 37.3 Å². The fraction of sp³-hybridized carbons (Fsp3) is 0.182. The number of fused-ring (bicyclic) bond motifs is 1. The molecule has 0 bridgehead atoms. The van der Waals surface area contributed by atoms with Crippen molar-refractivity contribution >= 4 is 10.9 Å². The smallest absolute Gasteiger partial charge is 0.253 e. The first-order valence-corrected chi connectivity index (χ1v) is 4.25. The molecular weight excluding hydrogens is 162 g/mol. The Hall–Kier alpha value is -1.57. The van der Waals surface area contributed by atoms with Crippen LogP contribution in [0, 0.1) is 6.92 Å². The third-order valence-electron chi connectivity index (χ3n) is 2.31. The van der Waals surface area contributed by atoms with Gasteiger partial charge < -0.3 is 4.57 Å². The van der Waals surface area contributed by atoms with E-state index in [2.05, 4.69) is 0 Å². The van der Waals surface area contributed by atoms with Crippen LogP contribution < -0.4 is 5.56 Å². The molecule has 1 aromatic carbocycles. The van der Waals surface area contributed by atoms with Gasteiger partial charge in [-0.2, -0.15) is 0 Å². The Morgan fingerprint density at radius 2 is 1.92 bits per heavy atom. The third-order valence-corrected chi connectivity index (χ3v) is 2.31. The van der Waals surface area contributed by atoms with E-state index < -0.39 is 0 Å². The quantitative estimate of drug-likeness (QED) is 0.596. The molecule has 0 aliphatic heterocycles. The number of aryl methyl sites for hydroxylation is 2. The number of rotatable bonds is 0. The number of hydrogen-bond donors (Lipinski definition) is 0. The van der Waals surface area contributed by atoms with Crippen LogP contribution in [0.3, 0.4) is 0 Å². The number of benzene rings is 1. The number of aromatic nitrogens is 1. The predicted molar refractivity (Wildman–Crippen MR) is 53.9 cm³/mol. The Balaban J connectivity index is 3.02. The first-order valence-electron chi connectivity index (χ1n) is 4.25. The summed E-state index contributed by atoms with van der Waals surface area (Å²) in [5.74, 6) is 0. The van der Waals surface area contributed by atoms with Crippen molar-refractivity contribution in [3.63, 3.8) is 0 Å². The van der Waals surface area contributed by atoms with Crippen LogP contribution in [0.4, 0.5) is 0 Å². The van der Waals surface area contributed by atoms with Gasteiger partial charge in [-0.1, -0.05) is 18.2 Å². The van der Waals surface area contributed by atoms with Gasteiger partial charge >= 0.3 is 0 Å². The molecule has 1 heterocycles. The average molecular weight is 173 g/mol. The number of para-hydroxylation sites is 1. The minimum absolute atomic E-state index is 0.0821. The van der Waals surface area contributed by atoms with Crippen LogP contribution in [0.25, 0.3) is 10.9 Å². The molecule has 0 saturated heterocycles. The highest BCUT2D eigenvalue weighted by Gasteiger charge is 2.00. The van der Waals surface area contributed by atoms with Gasteiger partial charge in [-0.3, -0.25) is 4.79 Å². The van der Waals surface area contributed by atoms with Crippen LogP contribution in [0.5, 0.6) is 0 Å². The Morgan fingerprint density at radius 3 is 2.69 bits per heavy atom. The summed E-state index contributed by atoms with van der Waals surface area (Å²) in [6, 6.07) is 9.82. The van der Waals surface area contributed by atoms with Crippen molar-refractivity contribution in [3.8, 4) is 0 Å². The molecule has 1 aromatic heterocycles. The zero-order valence-corrected chi connectivity index (χ0v) is 7.74. The Kier molecular flexibility index (Phi) is 1.69. The molecule has 0 aliphatic carbocycles. The monoisotopic (exact) mass is 173 g/mol. The number of nitrogens with zero attached hydrogens (tertiary/aromatic N) is 1. The van der Waals surface area contributed by atoms with Crippen molar-refractivity contribution in [2.45, 2.75) is 6.92 Å². The normalized spacial score (nSPS) is 10.6. The van der Waals surface area contributed by atoms with Crippen LogP contribution in [0.15, 0.2) is 35.1 Å². The van der Waals surface area contributed by atoms with Gasteiger partial charge in [0.2, 0.25) is 0 Å². The Labute approximate surface area is 76.4 Å². The first-order chi connectivity index (χ1) is 6.20. The summed E-state index contributed by atoms with van der Waals surface area (Å²) in [4.78, 5) is 11.5. The summed E-state index contributed by atoms with van der Waals surface area (Å²) < 4.78 is 1.69. The van der Waals surface area contributed by atoms with E-state index >= 15 is 0 Å². The second-order valence-electron chi connectivity index (χ2n) is 3.25. The van der Waals surface area contributed by atoms with E-state index in [-0.39, 0.29) is 5.56 Å². The molecule has 0 N–H and O–H groups in total. The highest BCUT2D eigenvalue weighted by atomic mass is 16.1. The molecule has 2 rings (SSSR count). The highest BCUT2D eigenvalue weighted by molar-refractivity contribution is 5.79.